The average Bonchev–Trinajstić information content (AvgIpc) is 3.34. The zero-order chi connectivity index (χ0) is 22.0. The minimum absolute atomic E-state index is 0.0348. The van der Waals surface area contributed by atoms with E-state index in [4.69, 9.17) is 4.42 Å². The van der Waals surface area contributed by atoms with Crippen molar-refractivity contribution in [2.24, 2.45) is 0 Å². The van der Waals surface area contributed by atoms with Crippen molar-refractivity contribution in [1.82, 2.24) is 29.8 Å². The smallest absolute Gasteiger partial charge is 0.414 e. The van der Waals surface area contributed by atoms with Gasteiger partial charge in [0.2, 0.25) is 0 Å². The Balaban J connectivity index is 1.45. The number of aryl methyl sites for hydroxylation is 1. The molecule has 4 heterocycles. The van der Waals surface area contributed by atoms with Crippen molar-refractivity contribution in [3.05, 3.63) is 59.5 Å². The second-order valence-electron chi connectivity index (χ2n) is 7.94. The van der Waals surface area contributed by atoms with Crippen LogP contribution in [0, 0.1) is 6.92 Å². The van der Waals surface area contributed by atoms with Gasteiger partial charge in [-0.3, -0.25) is 0 Å². The van der Waals surface area contributed by atoms with Crippen LogP contribution in [0.15, 0.2) is 47.0 Å². The summed E-state index contributed by atoms with van der Waals surface area (Å²) >= 11 is 0. The highest BCUT2D eigenvalue weighted by atomic mass is 19.4. The summed E-state index contributed by atoms with van der Waals surface area (Å²) in [6.45, 7) is 2.00. The summed E-state index contributed by atoms with van der Waals surface area (Å²) in [5.74, 6) is 0.234. The van der Waals surface area contributed by atoms with Crippen LogP contribution in [0.5, 0.6) is 0 Å². The van der Waals surface area contributed by atoms with Gasteiger partial charge in [0.25, 0.3) is 11.8 Å². The molecular weight excluding hydrogens is 421 g/mol. The van der Waals surface area contributed by atoms with Gasteiger partial charge in [-0.15, -0.1) is 10.2 Å². The lowest BCUT2D eigenvalue weighted by Crippen LogP contribution is -2.14. The minimum atomic E-state index is -4.57. The minimum Gasteiger partial charge on any atom is -0.414 e. The molecule has 0 N–H and O–H groups in total. The molecule has 0 spiro atoms. The molecule has 1 aromatic carbocycles. The monoisotopic (exact) mass is 436 g/mol. The highest BCUT2D eigenvalue weighted by Gasteiger charge is 2.38. The highest BCUT2D eigenvalue weighted by Crippen LogP contribution is 2.42. The van der Waals surface area contributed by atoms with Crippen molar-refractivity contribution < 1.29 is 17.6 Å². The van der Waals surface area contributed by atoms with Crippen LogP contribution in [-0.2, 0) is 6.18 Å². The van der Waals surface area contributed by atoms with E-state index in [1.807, 2.05) is 31.2 Å². The van der Waals surface area contributed by atoms with Crippen molar-refractivity contribution in [3.63, 3.8) is 0 Å². The van der Waals surface area contributed by atoms with Gasteiger partial charge >= 0.3 is 6.18 Å². The summed E-state index contributed by atoms with van der Waals surface area (Å²) in [6.07, 6.45) is -1.66. The predicted octanol–water partition coefficient (Wildman–Crippen LogP) is 5.20. The van der Waals surface area contributed by atoms with Crippen molar-refractivity contribution in [2.75, 3.05) is 0 Å². The Morgan fingerprint density at radius 1 is 1.00 bits per heavy atom. The van der Waals surface area contributed by atoms with Crippen LogP contribution in [0.25, 0.3) is 39.6 Å². The molecule has 5 aromatic rings. The molecule has 160 valence electrons. The van der Waals surface area contributed by atoms with E-state index in [0.29, 0.717) is 11.4 Å². The van der Waals surface area contributed by atoms with Crippen LogP contribution in [-0.4, -0.2) is 29.8 Å². The molecule has 1 saturated carbocycles. The van der Waals surface area contributed by atoms with Crippen molar-refractivity contribution in [2.45, 2.75) is 31.9 Å². The lowest BCUT2D eigenvalue weighted by Gasteiger charge is -2.10. The number of alkyl halides is 3. The fraction of sp³-hybridized carbons (Fsp3) is 0.227. The molecule has 10 heteroatoms. The Morgan fingerprint density at radius 2 is 1.81 bits per heavy atom. The van der Waals surface area contributed by atoms with Crippen LogP contribution >= 0.6 is 0 Å². The van der Waals surface area contributed by atoms with Crippen LogP contribution in [0.4, 0.5) is 13.2 Å². The maximum Gasteiger partial charge on any atom is 0.433 e. The molecule has 0 bridgehead atoms. The zero-order valence-corrected chi connectivity index (χ0v) is 16.8. The largest absolute Gasteiger partial charge is 0.433 e. The van der Waals surface area contributed by atoms with Gasteiger partial charge < -0.3 is 4.42 Å². The van der Waals surface area contributed by atoms with E-state index in [1.165, 1.54) is 6.20 Å². The number of halogens is 3. The predicted molar refractivity (Wildman–Crippen MR) is 109 cm³/mol. The Bertz CT molecular complexity index is 1500. The van der Waals surface area contributed by atoms with Crippen molar-refractivity contribution >= 4 is 16.6 Å². The van der Waals surface area contributed by atoms with E-state index in [9.17, 15) is 13.2 Å². The Kier molecular flexibility index (Phi) is 3.89. The van der Waals surface area contributed by atoms with Gasteiger partial charge in [-0.2, -0.15) is 18.3 Å². The molecule has 1 aliphatic rings. The number of pyridine rings is 1. The third-order valence-electron chi connectivity index (χ3n) is 5.50. The number of benzene rings is 1. The number of nitrogens with zero attached hydrogens (tertiary/aromatic N) is 6. The van der Waals surface area contributed by atoms with Gasteiger partial charge in [-0.05, 0) is 44.0 Å². The molecule has 7 nitrogen and oxygen atoms in total. The van der Waals surface area contributed by atoms with E-state index in [2.05, 4.69) is 25.3 Å². The Hall–Kier alpha value is -3.82. The topological polar surface area (TPSA) is 82.0 Å². The number of aromatic nitrogens is 6. The highest BCUT2D eigenvalue weighted by molar-refractivity contribution is 5.81. The van der Waals surface area contributed by atoms with E-state index in [-0.39, 0.29) is 28.9 Å². The lowest BCUT2D eigenvalue weighted by atomic mass is 10.1. The number of fused-ring (bicyclic) bond motifs is 2. The second-order valence-corrected chi connectivity index (χ2v) is 7.94. The summed E-state index contributed by atoms with van der Waals surface area (Å²) in [5.41, 5.74) is 2.18. The number of hydrogen-bond donors (Lipinski definition) is 0. The van der Waals surface area contributed by atoms with Crippen LogP contribution in [0.1, 0.15) is 35.7 Å². The van der Waals surface area contributed by atoms with E-state index >= 15 is 0 Å². The average molecular weight is 436 g/mol. The molecule has 1 fully saturated rings. The summed E-state index contributed by atoms with van der Waals surface area (Å²) < 4.78 is 47.4. The third kappa shape index (κ3) is 3.10. The van der Waals surface area contributed by atoms with Crippen molar-refractivity contribution in [1.29, 1.82) is 0 Å². The molecule has 0 radical (unpaired) electrons. The lowest BCUT2D eigenvalue weighted by molar-refractivity contribution is -0.142. The fourth-order valence-corrected chi connectivity index (χ4v) is 3.72. The maximum absolute atomic E-state index is 13.6. The first kappa shape index (κ1) is 18.9. The van der Waals surface area contributed by atoms with Gasteiger partial charge in [0.15, 0.2) is 5.65 Å². The molecule has 0 saturated heterocycles. The molecule has 0 unspecified atom stereocenters. The van der Waals surface area contributed by atoms with Crippen LogP contribution in [0.2, 0.25) is 0 Å². The molecule has 0 atom stereocenters. The first-order valence-electron chi connectivity index (χ1n) is 10.0. The number of rotatable bonds is 3. The van der Waals surface area contributed by atoms with Crippen LogP contribution < -0.4 is 0 Å². The third-order valence-corrected chi connectivity index (χ3v) is 5.50. The van der Waals surface area contributed by atoms with Gasteiger partial charge in [0, 0.05) is 17.0 Å². The van der Waals surface area contributed by atoms with Crippen LogP contribution in [0.3, 0.4) is 0 Å². The molecule has 32 heavy (non-hydrogen) atoms. The normalized spacial score (nSPS) is 14.5. The SMILES string of the molecule is Cc1ccc2nc(-c3nnc(-c4cnn5c(C(F)(F)F)cc(C6CC6)nc45)o3)ccc2c1. The van der Waals surface area contributed by atoms with E-state index in [0.717, 1.165) is 39.9 Å². The molecule has 4 aromatic heterocycles. The quantitative estimate of drug-likeness (QED) is 0.387. The fourth-order valence-electron chi connectivity index (χ4n) is 3.72. The molecule has 6 rings (SSSR count). The van der Waals surface area contributed by atoms with Crippen molar-refractivity contribution in [3.8, 4) is 23.0 Å². The van der Waals surface area contributed by atoms with Gasteiger partial charge in [-0.1, -0.05) is 17.7 Å². The number of hydrogen-bond acceptors (Lipinski definition) is 6. The Labute approximate surface area is 178 Å². The Morgan fingerprint density at radius 3 is 2.59 bits per heavy atom. The molecule has 0 aliphatic heterocycles. The standard InChI is InChI=1S/C22H15F3N6O/c1-11-2-6-15-13(8-11)5-7-16(27-15)21-30-29-20(32-21)14-10-26-31-18(22(23,24)25)9-17(12-3-4-12)28-19(14)31/h2,5-10,12H,3-4H2,1H3. The van der Waals surface area contributed by atoms with E-state index < -0.39 is 11.9 Å². The van der Waals surface area contributed by atoms with Gasteiger partial charge in [0.1, 0.15) is 17.0 Å². The van der Waals surface area contributed by atoms with E-state index in [1.54, 1.807) is 6.07 Å². The first-order chi connectivity index (χ1) is 15.4. The second kappa shape index (κ2) is 6.59. The summed E-state index contributed by atoms with van der Waals surface area (Å²) in [4.78, 5) is 8.99. The summed E-state index contributed by atoms with van der Waals surface area (Å²) in [6, 6.07) is 10.6. The van der Waals surface area contributed by atoms with Gasteiger partial charge in [0.05, 0.1) is 11.7 Å². The zero-order valence-electron chi connectivity index (χ0n) is 16.8. The molecular formula is C22H15F3N6O. The molecule has 1 aliphatic carbocycles. The first-order valence-corrected chi connectivity index (χ1v) is 10.0. The maximum atomic E-state index is 13.6. The molecule has 0 amide bonds. The summed E-state index contributed by atoms with van der Waals surface area (Å²) in [5, 5.41) is 13.0. The van der Waals surface area contributed by atoms with Gasteiger partial charge in [-0.25, -0.2) is 14.5 Å². The summed E-state index contributed by atoms with van der Waals surface area (Å²) in [7, 11) is 0.